The fourth-order valence-electron chi connectivity index (χ4n) is 1.93. The summed E-state index contributed by atoms with van der Waals surface area (Å²) in [5, 5.41) is 3.13. The average Bonchev–Trinajstić information content (AvgIpc) is 2.29. The van der Waals surface area contributed by atoms with E-state index in [9.17, 15) is 4.79 Å². The summed E-state index contributed by atoms with van der Waals surface area (Å²) in [6.45, 7) is 0. The van der Waals surface area contributed by atoms with Crippen molar-refractivity contribution in [1.29, 1.82) is 0 Å². The lowest BCUT2D eigenvalue weighted by molar-refractivity contribution is -0.112. The number of pyridine rings is 1. The Hall–Kier alpha value is -1.96. The number of carbonyl (C=O) groups excluding carboxylic acids is 1. The Balaban J connectivity index is 2.59. The third-order valence-corrected chi connectivity index (χ3v) is 2.68. The molecule has 0 unspecified atom stereocenters. The molecule has 0 spiro atoms. The van der Waals surface area contributed by atoms with Crippen LogP contribution < -0.4 is 10.4 Å². The van der Waals surface area contributed by atoms with E-state index in [1.54, 1.807) is 6.08 Å². The maximum atomic E-state index is 11.4. The minimum absolute atomic E-state index is 0.166. The second-order valence-electron chi connectivity index (χ2n) is 3.66. The smallest absolute Gasteiger partial charge is 0.160 e. The van der Waals surface area contributed by atoms with Gasteiger partial charge >= 0.3 is 0 Å². The highest BCUT2D eigenvalue weighted by molar-refractivity contribution is 6.10. The minimum Gasteiger partial charge on any atom is -0.294 e. The predicted molar refractivity (Wildman–Crippen MR) is 59.5 cm³/mol. The van der Waals surface area contributed by atoms with Crippen molar-refractivity contribution in [3.8, 4) is 0 Å². The molecule has 2 heteroatoms. The molecule has 0 fully saturated rings. The molecule has 1 aliphatic carbocycles. The van der Waals surface area contributed by atoms with E-state index < -0.39 is 0 Å². The zero-order valence-electron chi connectivity index (χ0n) is 8.10. The van der Waals surface area contributed by atoms with Crippen LogP contribution in [0.1, 0.15) is 6.42 Å². The number of Topliss-reactive ketones (excluding diaryl/α,β-unsaturated/α-hetero) is 1. The molecule has 2 aromatic rings. The summed E-state index contributed by atoms with van der Waals surface area (Å²) in [7, 11) is 0. The largest absolute Gasteiger partial charge is 0.294 e. The number of carbonyl (C=O) groups is 1. The molecule has 0 aliphatic heterocycles. The van der Waals surface area contributed by atoms with Crippen molar-refractivity contribution in [3.05, 3.63) is 40.9 Å². The van der Waals surface area contributed by atoms with E-state index in [2.05, 4.69) is 4.98 Å². The number of rotatable bonds is 0. The van der Waals surface area contributed by atoms with Crippen LogP contribution >= 0.6 is 0 Å². The molecule has 0 atom stereocenters. The lowest BCUT2D eigenvalue weighted by Gasteiger charge is -2.02. The van der Waals surface area contributed by atoms with E-state index in [1.165, 1.54) is 0 Å². The second-order valence-corrected chi connectivity index (χ2v) is 3.66. The standard InChI is InChI=1S/C13H9NO/c15-10-6-5-9-8-14-13-4-2-1-3-11(13)12(9)7-10/h1-5,7-8H,6H2. The first kappa shape index (κ1) is 8.36. The Morgan fingerprint density at radius 1 is 1.20 bits per heavy atom. The summed E-state index contributed by atoms with van der Waals surface area (Å²) >= 11 is 0. The van der Waals surface area contributed by atoms with Gasteiger partial charge in [0.15, 0.2) is 5.78 Å². The molecule has 1 heterocycles. The number of hydrogen-bond acceptors (Lipinski definition) is 2. The monoisotopic (exact) mass is 195 g/mol. The number of ketones is 1. The van der Waals surface area contributed by atoms with Crippen molar-refractivity contribution in [2.24, 2.45) is 0 Å². The molecule has 3 rings (SSSR count). The van der Waals surface area contributed by atoms with E-state index in [4.69, 9.17) is 0 Å². The first-order valence-corrected chi connectivity index (χ1v) is 4.93. The molecule has 0 amide bonds. The van der Waals surface area contributed by atoms with Crippen LogP contribution in [0.15, 0.2) is 30.5 Å². The third-order valence-electron chi connectivity index (χ3n) is 2.68. The van der Waals surface area contributed by atoms with Gasteiger partial charge in [-0.1, -0.05) is 24.3 Å². The number of nitrogens with zero attached hydrogens (tertiary/aromatic N) is 1. The molecule has 1 aromatic carbocycles. The summed E-state index contributed by atoms with van der Waals surface area (Å²) in [6, 6.07) is 7.89. The number of para-hydroxylation sites is 1. The molecule has 0 radical (unpaired) electrons. The Kier molecular flexibility index (Phi) is 1.68. The zero-order valence-corrected chi connectivity index (χ0v) is 8.10. The summed E-state index contributed by atoms with van der Waals surface area (Å²) < 4.78 is 0. The van der Waals surface area contributed by atoms with Crippen molar-refractivity contribution in [3.63, 3.8) is 0 Å². The van der Waals surface area contributed by atoms with E-state index in [0.29, 0.717) is 6.42 Å². The Morgan fingerprint density at radius 3 is 3.00 bits per heavy atom. The van der Waals surface area contributed by atoms with E-state index in [-0.39, 0.29) is 5.78 Å². The van der Waals surface area contributed by atoms with Crippen molar-refractivity contribution < 1.29 is 4.79 Å². The van der Waals surface area contributed by atoms with Gasteiger partial charge in [0.25, 0.3) is 0 Å². The van der Waals surface area contributed by atoms with Gasteiger partial charge in [-0.3, -0.25) is 9.78 Å². The molecule has 0 saturated heterocycles. The lowest BCUT2D eigenvalue weighted by Crippen LogP contribution is -2.30. The number of fused-ring (bicyclic) bond motifs is 3. The molecular formula is C13H9NO. The average molecular weight is 195 g/mol. The van der Waals surface area contributed by atoms with Crippen LogP contribution in [0.5, 0.6) is 0 Å². The molecule has 72 valence electrons. The zero-order chi connectivity index (χ0) is 10.3. The highest BCUT2D eigenvalue weighted by atomic mass is 16.1. The molecule has 15 heavy (non-hydrogen) atoms. The Bertz CT molecular complexity index is 670. The summed E-state index contributed by atoms with van der Waals surface area (Å²) in [4.78, 5) is 15.7. The molecule has 0 bridgehead atoms. The Labute approximate surface area is 86.6 Å². The summed E-state index contributed by atoms with van der Waals surface area (Å²) in [6.07, 6.45) is 5.99. The van der Waals surface area contributed by atoms with Crippen molar-refractivity contribution in [2.75, 3.05) is 0 Å². The van der Waals surface area contributed by atoms with Crippen molar-refractivity contribution >= 4 is 28.8 Å². The SMILES string of the molecule is O=C1C=c2c(cnc3ccccc23)=CC1. The maximum Gasteiger partial charge on any atom is 0.160 e. The van der Waals surface area contributed by atoms with Crippen molar-refractivity contribution in [1.82, 2.24) is 4.98 Å². The second kappa shape index (κ2) is 3.02. The van der Waals surface area contributed by atoms with Gasteiger partial charge in [0.1, 0.15) is 0 Å². The normalized spacial score (nSPS) is 14.3. The van der Waals surface area contributed by atoms with Gasteiger partial charge in [0.05, 0.1) is 5.52 Å². The van der Waals surface area contributed by atoms with Crippen LogP contribution in [0.4, 0.5) is 0 Å². The summed E-state index contributed by atoms with van der Waals surface area (Å²) in [5.41, 5.74) is 0.940. The van der Waals surface area contributed by atoms with Gasteiger partial charge in [0.2, 0.25) is 0 Å². The van der Waals surface area contributed by atoms with Crippen LogP contribution in [0.3, 0.4) is 0 Å². The van der Waals surface area contributed by atoms with Crippen LogP contribution in [-0.4, -0.2) is 10.8 Å². The molecule has 1 aromatic heterocycles. The minimum atomic E-state index is 0.166. The topological polar surface area (TPSA) is 30.0 Å². The van der Waals surface area contributed by atoms with Crippen molar-refractivity contribution in [2.45, 2.75) is 6.42 Å². The highest BCUT2D eigenvalue weighted by Crippen LogP contribution is 2.04. The first-order chi connectivity index (χ1) is 7.34. The highest BCUT2D eigenvalue weighted by Gasteiger charge is 2.04. The molecule has 1 aliphatic rings. The third kappa shape index (κ3) is 1.26. The van der Waals surface area contributed by atoms with E-state index >= 15 is 0 Å². The first-order valence-electron chi connectivity index (χ1n) is 4.93. The van der Waals surface area contributed by atoms with Crippen LogP contribution in [0, 0.1) is 0 Å². The quantitative estimate of drug-likeness (QED) is 0.621. The molecule has 2 nitrogen and oxygen atoms in total. The van der Waals surface area contributed by atoms with E-state index in [0.717, 1.165) is 21.3 Å². The van der Waals surface area contributed by atoms with E-state index in [1.807, 2.05) is 36.5 Å². The molecule has 0 N–H and O–H groups in total. The van der Waals surface area contributed by atoms with Crippen LogP contribution in [0.2, 0.25) is 0 Å². The van der Waals surface area contributed by atoms with Gasteiger partial charge in [-0.05, 0) is 22.6 Å². The maximum absolute atomic E-state index is 11.4. The molecule has 0 saturated carbocycles. The number of benzene rings is 1. The number of hydrogen-bond donors (Lipinski definition) is 0. The number of aromatic nitrogens is 1. The van der Waals surface area contributed by atoms with Gasteiger partial charge in [-0.2, -0.15) is 0 Å². The predicted octanol–water partition coefficient (Wildman–Crippen LogP) is 0.769. The van der Waals surface area contributed by atoms with Gasteiger partial charge < -0.3 is 0 Å². The fraction of sp³-hybridized carbons (Fsp3) is 0.0769. The van der Waals surface area contributed by atoms with Crippen LogP contribution in [0.25, 0.3) is 23.1 Å². The Morgan fingerprint density at radius 2 is 2.07 bits per heavy atom. The van der Waals surface area contributed by atoms with Gasteiger partial charge in [-0.25, -0.2) is 0 Å². The summed E-state index contributed by atoms with van der Waals surface area (Å²) in [5.74, 6) is 0.166. The van der Waals surface area contributed by atoms with Crippen LogP contribution in [-0.2, 0) is 4.79 Å². The lowest BCUT2D eigenvalue weighted by atomic mass is 10.0. The molecular weight excluding hydrogens is 186 g/mol. The van der Waals surface area contributed by atoms with Gasteiger partial charge in [-0.15, -0.1) is 0 Å². The van der Waals surface area contributed by atoms with Gasteiger partial charge in [0, 0.05) is 18.0 Å². The fourth-order valence-corrected chi connectivity index (χ4v) is 1.93.